The molecule has 0 fully saturated rings. The maximum Gasteiger partial charge on any atom is 0.165 e. The Labute approximate surface area is 187 Å². The van der Waals surface area contributed by atoms with Crippen molar-refractivity contribution < 1.29 is 9.15 Å². The summed E-state index contributed by atoms with van der Waals surface area (Å²) >= 11 is 9.05. The lowest BCUT2D eigenvalue weighted by Crippen LogP contribution is -2.48. The van der Waals surface area contributed by atoms with Crippen molar-refractivity contribution in [1.82, 2.24) is 5.32 Å². The number of benzene rings is 2. The van der Waals surface area contributed by atoms with Gasteiger partial charge in [-0.25, -0.2) is 0 Å². The van der Waals surface area contributed by atoms with Crippen molar-refractivity contribution in [3.8, 4) is 23.1 Å². The van der Waals surface area contributed by atoms with Gasteiger partial charge in [0.1, 0.15) is 39.7 Å². The molecular formula is C22H17BrN4O2S. The zero-order chi connectivity index (χ0) is 21.3. The van der Waals surface area contributed by atoms with Crippen LogP contribution in [0.5, 0.6) is 5.75 Å². The Morgan fingerprint density at radius 2 is 1.83 bits per heavy atom. The quantitative estimate of drug-likeness (QED) is 0.516. The van der Waals surface area contributed by atoms with E-state index in [0.29, 0.717) is 16.5 Å². The summed E-state index contributed by atoms with van der Waals surface area (Å²) < 4.78 is 12.4. The van der Waals surface area contributed by atoms with E-state index in [2.05, 4.69) is 27.3 Å². The molecule has 0 saturated carbocycles. The Hall–Kier alpha value is -3.28. The van der Waals surface area contributed by atoms with Gasteiger partial charge in [-0.3, -0.25) is 0 Å². The molecular weight excluding hydrogens is 464 g/mol. The molecule has 0 amide bonds. The zero-order valence-electron chi connectivity index (χ0n) is 15.9. The smallest absolute Gasteiger partial charge is 0.165 e. The summed E-state index contributed by atoms with van der Waals surface area (Å²) in [7, 11) is 1.61. The standard InChI is InChI=1S/C22H17BrN4O2S/c1-28-16-8-6-15(7-9-16)27-21(26-20(25)17(12-24)22(27)30)19-11-10-18(29-19)13-2-4-14(23)5-3-13/h2-11,21,26H,25H2,1H3. The highest BCUT2D eigenvalue weighted by molar-refractivity contribution is 9.10. The number of nitrogens with zero attached hydrogens (tertiary/aromatic N) is 2. The fourth-order valence-electron chi connectivity index (χ4n) is 3.22. The average molecular weight is 481 g/mol. The highest BCUT2D eigenvalue weighted by Crippen LogP contribution is 2.35. The van der Waals surface area contributed by atoms with Crippen LogP contribution in [0.2, 0.25) is 0 Å². The van der Waals surface area contributed by atoms with Crippen molar-refractivity contribution >= 4 is 38.8 Å². The summed E-state index contributed by atoms with van der Waals surface area (Å²) in [6, 6.07) is 21.1. The van der Waals surface area contributed by atoms with Crippen LogP contribution in [0.4, 0.5) is 5.69 Å². The number of nitrogens with two attached hydrogens (primary N) is 1. The summed E-state index contributed by atoms with van der Waals surface area (Å²) in [5.41, 5.74) is 8.03. The van der Waals surface area contributed by atoms with Crippen LogP contribution in [0.25, 0.3) is 11.3 Å². The first-order valence-corrected chi connectivity index (χ1v) is 10.2. The molecule has 150 valence electrons. The highest BCUT2D eigenvalue weighted by Gasteiger charge is 2.34. The number of halogens is 1. The SMILES string of the molecule is COc1ccc(N2C(=S)C(C#N)=C(N)NC2c2ccc(-c3ccc(Br)cc3)o2)cc1. The molecule has 30 heavy (non-hydrogen) atoms. The minimum absolute atomic E-state index is 0.219. The summed E-state index contributed by atoms with van der Waals surface area (Å²) in [4.78, 5) is 2.14. The van der Waals surface area contributed by atoms with E-state index in [1.54, 1.807) is 7.11 Å². The van der Waals surface area contributed by atoms with Gasteiger partial charge in [0.2, 0.25) is 0 Å². The summed E-state index contributed by atoms with van der Waals surface area (Å²) in [6.45, 7) is 0. The maximum absolute atomic E-state index is 9.52. The van der Waals surface area contributed by atoms with E-state index in [1.165, 1.54) is 0 Å². The predicted octanol–water partition coefficient (Wildman–Crippen LogP) is 4.85. The van der Waals surface area contributed by atoms with E-state index >= 15 is 0 Å². The lowest BCUT2D eigenvalue weighted by Gasteiger charge is -2.37. The van der Waals surface area contributed by atoms with Crippen molar-refractivity contribution in [1.29, 1.82) is 5.26 Å². The van der Waals surface area contributed by atoms with Crippen LogP contribution in [0.3, 0.4) is 0 Å². The molecule has 8 heteroatoms. The number of hydrogen-bond donors (Lipinski definition) is 2. The molecule has 1 aliphatic rings. The van der Waals surface area contributed by atoms with Crippen LogP contribution >= 0.6 is 28.1 Å². The Bertz CT molecular complexity index is 1160. The molecule has 1 unspecified atom stereocenters. The van der Waals surface area contributed by atoms with E-state index in [-0.39, 0.29) is 11.4 Å². The molecule has 0 radical (unpaired) electrons. The monoisotopic (exact) mass is 480 g/mol. The number of nitriles is 1. The van der Waals surface area contributed by atoms with Gasteiger partial charge in [-0.2, -0.15) is 5.26 Å². The zero-order valence-corrected chi connectivity index (χ0v) is 18.3. The molecule has 2 aromatic carbocycles. The molecule has 3 N–H and O–H groups in total. The van der Waals surface area contributed by atoms with Gasteiger partial charge in [0, 0.05) is 15.7 Å². The highest BCUT2D eigenvalue weighted by atomic mass is 79.9. The van der Waals surface area contributed by atoms with Crippen LogP contribution in [-0.4, -0.2) is 12.1 Å². The van der Waals surface area contributed by atoms with Crippen molar-refractivity contribution in [2.24, 2.45) is 5.73 Å². The Morgan fingerprint density at radius 3 is 2.47 bits per heavy atom. The van der Waals surface area contributed by atoms with Gasteiger partial charge in [0.15, 0.2) is 6.17 Å². The molecule has 0 aliphatic carbocycles. The molecule has 1 aromatic heterocycles. The third kappa shape index (κ3) is 3.65. The Balaban J connectivity index is 1.76. The largest absolute Gasteiger partial charge is 0.497 e. The third-order valence-electron chi connectivity index (χ3n) is 4.74. The first kappa shape index (κ1) is 20.0. The van der Waals surface area contributed by atoms with Gasteiger partial charge in [0.05, 0.1) is 7.11 Å². The predicted molar refractivity (Wildman–Crippen MR) is 123 cm³/mol. The van der Waals surface area contributed by atoms with E-state index in [1.807, 2.05) is 65.6 Å². The minimum Gasteiger partial charge on any atom is -0.497 e. The fraction of sp³-hybridized carbons (Fsp3) is 0.0909. The van der Waals surface area contributed by atoms with Crippen molar-refractivity contribution in [2.75, 3.05) is 12.0 Å². The Kier molecular flexibility index (Phi) is 5.48. The number of ether oxygens (including phenoxy) is 1. The van der Waals surface area contributed by atoms with Crippen molar-refractivity contribution in [3.05, 3.63) is 82.3 Å². The number of thiocarbonyl (C=S) groups is 1. The number of anilines is 1. The van der Waals surface area contributed by atoms with Gasteiger partial charge in [-0.1, -0.05) is 40.3 Å². The van der Waals surface area contributed by atoms with Crippen LogP contribution in [-0.2, 0) is 0 Å². The van der Waals surface area contributed by atoms with Crippen molar-refractivity contribution in [3.63, 3.8) is 0 Å². The van der Waals surface area contributed by atoms with Crippen LogP contribution in [0, 0.1) is 11.3 Å². The molecule has 3 aromatic rings. The second-order valence-corrected chi connectivity index (χ2v) is 7.83. The number of hydrogen-bond acceptors (Lipinski definition) is 6. The second kappa shape index (κ2) is 8.22. The van der Waals surface area contributed by atoms with E-state index in [9.17, 15) is 5.26 Å². The summed E-state index contributed by atoms with van der Waals surface area (Å²) in [6.07, 6.45) is -0.507. The number of methoxy groups -OCH3 is 1. The molecule has 1 aliphatic heterocycles. The summed E-state index contributed by atoms with van der Waals surface area (Å²) in [5, 5.41) is 12.7. The van der Waals surface area contributed by atoms with Gasteiger partial charge < -0.3 is 25.1 Å². The van der Waals surface area contributed by atoms with Crippen LogP contribution in [0.15, 0.2) is 80.9 Å². The second-order valence-electron chi connectivity index (χ2n) is 6.53. The summed E-state index contributed by atoms with van der Waals surface area (Å²) in [5.74, 6) is 2.27. The first-order valence-electron chi connectivity index (χ1n) is 9.01. The molecule has 0 bridgehead atoms. The van der Waals surface area contributed by atoms with Gasteiger partial charge in [0.25, 0.3) is 0 Å². The average Bonchev–Trinajstić information content (AvgIpc) is 3.24. The van der Waals surface area contributed by atoms with E-state index < -0.39 is 6.17 Å². The molecule has 0 spiro atoms. The van der Waals surface area contributed by atoms with Crippen LogP contribution in [0.1, 0.15) is 11.9 Å². The van der Waals surface area contributed by atoms with Crippen molar-refractivity contribution in [2.45, 2.75) is 6.17 Å². The normalized spacial score (nSPS) is 16.2. The molecule has 6 nitrogen and oxygen atoms in total. The number of furan rings is 1. The number of rotatable bonds is 4. The Morgan fingerprint density at radius 1 is 1.13 bits per heavy atom. The minimum atomic E-state index is -0.507. The first-order chi connectivity index (χ1) is 14.5. The maximum atomic E-state index is 9.52. The molecule has 0 saturated heterocycles. The lowest BCUT2D eigenvalue weighted by molar-refractivity contribution is 0.414. The lowest BCUT2D eigenvalue weighted by atomic mass is 10.1. The van der Waals surface area contributed by atoms with Gasteiger partial charge in [-0.15, -0.1) is 0 Å². The van der Waals surface area contributed by atoms with E-state index in [4.69, 9.17) is 27.1 Å². The van der Waals surface area contributed by atoms with Crippen LogP contribution < -0.4 is 20.7 Å². The number of nitrogens with one attached hydrogen (secondary N) is 1. The van der Waals surface area contributed by atoms with E-state index in [0.717, 1.165) is 21.5 Å². The topological polar surface area (TPSA) is 87.5 Å². The molecule has 1 atom stereocenters. The fourth-order valence-corrected chi connectivity index (χ4v) is 3.85. The molecule has 4 rings (SSSR count). The molecule has 2 heterocycles. The third-order valence-corrected chi connectivity index (χ3v) is 5.67. The van der Waals surface area contributed by atoms with Gasteiger partial charge >= 0.3 is 0 Å². The van der Waals surface area contributed by atoms with Gasteiger partial charge in [-0.05, 0) is 48.5 Å².